The van der Waals surface area contributed by atoms with Crippen LogP contribution in [0.25, 0.3) is 0 Å². The van der Waals surface area contributed by atoms with Crippen molar-refractivity contribution in [3.63, 3.8) is 0 Å². The molecule has 1 aliphatic heterocycles. The molecule has 1 fully saturated rings. The molecule has 0 spiro atoms. The SMILES string of the molecule is CCC1CCC(C)N(C(=O)c2ccc(Cc3cc4c(cc3C)C(C)(C)CCC4(C)C)o2)C1. The van der Waals surface area contributed by atoms with E-state index in [1.165, 1.54) is 41.5 Å². The number of furan rings is 1. The van der Waals surface area contributed by atoms with E-state index >= 15 is 0 Å². The Morgan fingerprint density at radius 3 is 2.38 bits per heavy atom. The highest BCUT2D eigenvalue weighted by Gasteiger charge is 2.37. The number of carbonyl (C=O) groups excluding carboxylic acids is 1. The maximum atomic E-state index is 13.2. The summed E-state index contributed by atoms with van der Waals surface area (Å²) in [6.07, 6.45) is 6.60. The number of benzene rings is 1. The van der Waals surface area contributed by atoms with Crippen LogP contribution in [0.3, 0.4) is 0 Å². The lowest BCUT2D eigenvalue weighted by atomic mass is 9.62. The molecule has 0 N–H and O–H groups in total. The van der Waals surface area contributed by atoms with Crippen molar-refractivity contribution in [2.45, 2.75) is 104 Å². The van der Waals surface area contributed by atoms with Crippen LogP contribution in [0.4, 0.5) is 0 Å². The number of nitrogens with zero attached hydrogens (tertiary/aromatic N) is 1. The third kappa shape index (κ3) is 4.28. The third-order valence-electron chi connectivity index (χ3n) is 8.36. The molecular formula is C29H41NO2. The van der Waals surface area contributed by atoms with E-state index < -0.39 is 0 Å². The average molecular weight is 436 g/mol. The fraction of sp³-hybridized carbons (Fsp3) is 0.621. The predicted octanol–water partition coefficient (Wildman–Crippen LogP) is 7.18. The number of carbonyl (C=O) groups is 1. The topological polar surface area (TPSA) is 33.5 Å². The predicted molar refractivity (Wildman–Crippen MR) is 131 cm³/mol. The summed E-state index contributed by atoms with van der Waals surface area (Å²) >= 11 is 0. The molecule has 32 heavy (non-hydrogen) atoms. The Balaban J connectivity index is 1.57. The van der Waals surface area contributed by atoms with Gasteiger partial charge in [-0.05, 0) is 90.7 Å². The molecule has 2 unspecified atom stereocenters. The Hall–Kier alpha value is -2.03. The van der Waals surface area contributed by atoms with Gasteiger partial charge in [-0.1, -0.05) is 53.2 Å². The lowest BCUT2D eigenvalue weighted by molar-refractivity contribution is 0.0523. The smallest absolute Gasteiger partial charge is 0.289 e. The quantitative estimate of drug-likeness (QED) is 0.510. The molecule has 1 aliphatic carbocycles. The summed E-state index contributed by atoms with van der Waals surface area (Å²) in [6.45, 7) is 16.9. The van der Waals surface area contributed by atoms with Gasteiger partial charge >= 0.3 is 0 Å². The molecule has 0 bridgehead atoms. The summed E-state index contributed by atoms with van der Waals surface area (Å²) in [5.74, 6) is 2.02. The van der Waals surface area contributed by atoms with Crippen molar-refractivity contribution in [1.82, 2.24) is 4.90 Å². The Labute approximate surface area is 194 Å². The van der Waals surface area contributed by atoms with Crippen LogP contribution in [0.1, 0.15) is 112 Å². The monoisotopic (exact) mass is 435 g/mol. The van der Waals surface area contributed by atoms with Crippen molar-refractivity contribution in [3.8, 4) is 0 Å². The first-order valence-corrected chi connectivity index (χ1v) is 12.6. The zero-order valence-electron chi connectivity index (χ0n) is 21.2. The van der Waals surface area contributed by atoms with Gasteiger partial charge in [0.05, 0.1) is 0 Å². The number of likely N-dealkylation sites (tertiary alicyclic amines) is 1. The summed E-state index contributed by atoms with van der Waals surface area (Å²) in [5, 5.41) is 0. The first kappa shape index (κ1) is 23.1. The number of amides is 1. The molecule has 1 aromatic carbocycles. The number of fused-ring (bicyclic) bond motifs is 1. The van der Waals surface area contributed by atoms with Crippen molar-refractivity contribution < 1.29 is 9.21 Å². The van der Waals surface area contributed by atoms with E-state index in [0.29, 0.717) is 11.7 Å². The number of hydrogen-bond donors (Lipinski definition) is 0. The maximum absolute atomic E-state index is 13.2. The summed E-state index contributed by atoms with van der Waals surface area (Å²) in [6, 6.07) is 8.97. The molecule has 0 saturated carbocycles. The number of hydrogen-bond acceptors (Lipinski definition) is 2. The van der Waals surface area contributed by atoms with Crippen molar-refractivity contribution in [2.24, 2.45) is 5.92 Å². The molecule has 1 amide bonds. The molecular weight excluding hydrogens is 394 g/mol. The summed E-state index contributed by atoms with van der Waals surface area (Å²) in [4.78, 5) is 15.2. The van der Waals surface area contributed by atoms with Crippen LogP contribution in [0.2, 0.25) is 0 Å². The van der Waals surface area contributed by atoms with Crippen molar-refractivity contribution >= 4 is 5.91 Å². The molecule has 1 saturated heterocycles. The maximum Gasteiger partial charge on any atom is 0.289 e. The first-order valence-electron chi connectivity index (χ1n) is 12.6. The van der Waals surface area contributed by atoms with Crippen molar-refractivity contribution in [3.05, 3.63) is 58.0 Å². The Bertz CT molecular complexity index is 997. The lowest BCUT2D eigenvalue weighted by Crippen LogP contribution is -2.45. The normalized spacial score (nSPS) is 24.3. The van der Waals surface area contributed by atoms with E-state index in [9.17, 15) is 4.79 Å². The summed E-state index contributed by atoms with van der Waals surface area (Å²) in [5.41, 5.74) is 6.01. The Morgan fingerprint density at radius 2 is 1.72 bits per heavy atom. The standard InChI is InChI=1S/C29H41NO2/c1-8-21-10-9-20(3)30(18-21)27(31)26-12-11-23(32-26)16-22-17-25-24(15-19(22)2)28(4,5)13-14-29(25,6)7/h11-12,15,17,20-21H,8-10,13-14,16,18H2,1-7H3. The second-order valence-corrected chi connectivity index (χ2v) is 11.7. The van der Waals surface area contributed by atoms with Gasteiger partial charge in [0.15, 0.2) is 5.76 Å². The van der Waals surface area contributed by atoms with Gasteiger partial charge in [-0.25, -0.2) is 0 Å². The minimum Gasteiger partial charge on any atom is -0.456 e. The van der Waals surface area contributed by atoms with Crippen LogP contribution in [0.5, 0.6) is 0 Å². The zero-order chi connectivity index (χ0) is 23.3. The van der Waals surface area contributed by atoms with Gasteiger partial charge in [-0.15, -0.1) is 0 Å². The van der Waals surface area contributed by atoms with Crippen LogP contribution >= 0.6 is 0 Å². The highest BCUT2D eigenvalue weighted by atomic mass is 16.4. The molecule has 1 aromatic heterocycles. The van der Waals surface area contributed by atoms with Gasteiger partial charge in [0.25, 0.3) is 5.91 Å². The van der Waals surface area contributed by atoms with E-state index in [-0.39, 0.29) is 22.8 Å². The van der Waals surface area contributed by atoms with Gasteiger partial charge in [-0.2, -0.15) is 0 Å². The largest absolute Gasteiger partial charge is 0.456 e. The van der Waals surface area contributed by atoms with E-state index in [0.717, 1.165) is 31.6 Å². The van der Waals surface area contributed by atoms with Gasteiger partial charge in [0, 0.05) is 19.0 Å². The van der Waals surface area contributed by atoms with Crippen LogP contribution in [-0.4, -0.2) is 23.4 Å². The van der Waals surface area contributed by atoms with E-state index in [1.54, 1.807) is 0 Å². The van der Waals surface area contributed by atoms with Crippen LogP contribution in [0.15, 0.2) is 28.7 Å². The molecule has 3 nitrogen and oxygen atoms in total. The number of aryl methyl sites for hydroxylation is 1. The molecule has 174 valence electrons. The van der Waals surface area contributed by atoms with E-state index in [1.807, 2.05) is 17.0 Å². The molecule has 2 atom stereocenters. The van der Waals surface area contributed by atoms with Crippen molar-refractivity contribution in [1.29, 1.82) is 0 Å². The number of piperidine rings is 1. The summed E-state index contributed by atoms with van der Waals surface area (Å²) < 4.78 is 6.12. The molecule has 2 aliphatic rings. The van der Waals surface area contributed by atoms with E-state index in [2.05, 4.69) is 60.6 Å². The van der Waals surface area contributed by atoms with Crippen molar-refractivity contribution in [2.75, 3.05) is 6.54 Å². The van der Waals surface area contributed by atoms with Gasteiger partial charge in [-0.3, -0.25) is 4.79 Å². The zero-order valence-corrected chi connectivity index (χ0v) is 21.2. The fourth-order valence-electron chi connectivity index (χ4n) is 5.67. The van der Waals surface area contributed by atoms with Crippen LogP contribution < -0.4 is 0 Å². The van der Waals surface area contributed by atoms with Gasteiger partial charge < -0.3 is 9.32 Å². The minimum absolute atomic E-state index is 0.0481. The molecule has 4 rings (SSSR count). The van der Waals surface area contributed by atoms with Crippen LogP contribution in [-0.2, 0) is 17.3 Å². The third-order valence-corrected chi connectivity index (χ3v) is 8.36. The van der Waals surface area contributed by atoms with Gasteiger partial charge in [0.1, 0.15) is 5.76 Å². The molecule has 2 heterocycles. The summed E-state index contributed by atoms with van der Waals surface area (Å²) in [7, 11) is 0. The lowest BCUT2D eigenvalue weighted by Gasteiger charge is -2.42. The second kappa shape index (κ2) is 8.39. The number of rotatable bonds is 4. The minimum atomic E-state index is 0.0481. The highest BCUT2D eigenvalue weighted by Crippen LogP contribution is 2.46. The van der Waals surface area contributed by atoms with Gasteiger partial charge in [0.2, 0.25) is 0 Å². The first-order chi connectivity index (χ1) is 15.0. The molecule has 3 heteroatoms. The Kier molecular flexibility index (Phi) is 6.07. The Morgan fingerprint density at radius 1 is 1.06 bits per heavy atom. The van der Waals surface area contributed by atoms with E-state index in [4.69, 9.17) is 4.42 Å². The second-order valence-electron chi connectivity index (χ2n) is 11.7. The highest BCUT2D eigenvalue weighted by molar-refractivity contribution is 5.91. The molecule has 0 radical (unpaired) electrons. The molecule has 2 aromatic rings. The van der Waals surface area contributed by atoms with Crippen LogP contribution in [0, 0.1) is 12.8 Å². The fourth-order valence-corrected chi connectivity index (χ4v) is 5.67. The average Bonchev–Trinajstić information content (AvgIpc) is 3.21.